The summed E-state index contributed by atoms with van der Waals surface area (Å²) in [4.78, 5) is 14.5. The summed E-state index contributed by atoms with van der Waals surface area (Å²) in [5.74, 6) is 0.107. The normalized spacial score (nSPS) is 11.2. The van der Waals surface area contributed by atoms with Crippen LogP contribution in [-0.2, 0) is 0 Å². The van der Waals surface area contributed by atoms with E-state index in [-0.39, 0.29) is 11.4 Å². The minimum atomic E-state index is -0.270. The lowest BCUT2D eigenvalue weighted by Gasteiger charge is -2.10. The quantitative estimate of drug-likeness (QED) is 0.125. The Balaban J connectivity index is 0.00000163. The van der Waals surface area contributed by atoms with Crippen LogP contribution in [0.1, 0.15) is 35.8 Å². The molecular weight excluding hydrogens is 660 g/mol. The van der Waals surface area contributed by atoms with Crippen LogP contribution in [0.4, 0.5) is 0 Å². The fourth-order valence-corrected chi connectivity index (χ4v) is 4.94. The third kappa shape index (κ3) is 5.56. The molecule has 0 saturated carbocycles. The van der Waals surface area contributed by atoms with Gasteiger partial charge in [-0.3, -0.25) is 8.77 Å². The summed E-state index contributed by atoms with van der Waals surface area (Å²) in [7, 11) is 8.50. The van der Waals surface area contributed by atoms with Crippen LogP contribution >= 0.6 is 77.3 Å². The molecule has 0 aliphatic carbocycles. The fraction of sp³-hybridized carbons (Fsp3) is 0.294. The van der Waals surface area contributed by atoms with Crippen LogP contribution in [0.5, 0.6) is 0 Å². The second-order valence-corrected chi connectivity index (χ2v) is 8.47. The summed E-state index contributed by atoms with van der Waals surface area (Å²) in [5.41, 5.74) is 2.78. The molecule has 0 saturated heterocycles. The highest BCUT2D eigenvalue weighted by Gasteiger charge is 2.21. The highest BCUT2D eigenvalue weighted by atomic mass is 127. The Morgan fingerprint density at radius 1 is 1.38 bits per heavy atom. The number of hydrogen-bond acceptors (Lipinski definition) is 5. The predicted molar refractivity (Wildman–Crippen MR) is 135 cm³/mol. The Morgan fingerprint density at radius 3 is 2.46 bits per heavy atom. The fourth-order valence-electron chi connectivity index (χ4n) is 2.43. The SMILES string of the molecule is CC(C)c1cc2cc(C(=O)/C(C#N)=C/N(C)C)n(SI)c2cc1Br.SI. The minimum Gasteiger partial charge on any atom is -0.382 e. The molecule has 2 rings (SSSR count). The van der Waals surface area contributed by atoms with E-state index >= 15 is 0 Å². The zero-order chi connectivity index (χ0) is 20.0. The third-order valence-electron chi connectivity index (χ3n) is 3.55. The molecule has 0 amide bonds. The van der Waals surface area contributed by atoms with Gasteiger partial charge in [0.15, 0.2) is 0 Å². The number of halogens is 3. The monoisotopic (exact) mass is 677 g/mol. The van der Waals surface area contributed by atoms with Gasteiger partial charge < -0.3 is 4.90 Å². The maximum atomic E-state index is 12.8. The lowest BCUT2D eigenvalue weighted by Crippen LogP contribution is -2.10. The highest BCUT2D eigenvalue weighted by Crippen LogP contribution is 2.35. The van der Waals surface area contributed by atoms with E-state index in [4.69, 9.17) is 0 Å². The molecule has 0 aliphatic rings. The predicted octanol–water partition coefficient (Wildman–Crippen LogP) is 6.79. The molecule has 26 heavy (non-hydrogen) atoms. The minimum absolute atomic E-state index is 0.123. The number of nitrogens with zero attached hydrogens (tertiary/aromatic N) is 3. The number of nitriles is 1. The molecule has 9 heteroatoms. The first-order chi connectivity index (χ1) is 12.3. The molecule has 140 valence electrons. The molecule has 0 bridgehead atoms. The van der Waals surface area contributed by atoms with E-state index in [0.29, 0.717) is 11.6 Å². The summed E-state index contributed by atoms with van der Waals surface area (Å²) in [6.45, 7) is 4.27. The summed E-state index contributed by atoms with van der Waals surface area (Å²) >= 11 is 7.62. The van der Waals surface area contributed by atoms with Crippen LogP contribution in [0.2, 0.25) is 0 Å². The number of thiol groups is 1. The Hall–Kier alpha value is 0.100. The summed E-state index contributed by atoms with van der Waals surface area (Å²) in [5, 5.41) is 10.3. The van der Waals surface area contributed by atoms with Gasteiger partial charge in [-0.15, -0.1) is 9.80 Å². The molecule has 0 N–H and O–H groups in total. The second-order valence-electron chi connectivity index (χ2n) is 5.93. The van der Waals surface area contributed by atoms with Crippen molar-refractivity contribution in [3.05, 3.63) is 45.7 Å². The molecule has 1 heterocycles. The van der Waals surface area contributed by atoms with Gasteiger partial charge in [-0.1, -0.05) is 29.8 Å². The zero-order valence-electron chi connectivity index (χ0n) is 14.6. The van der Waals surface area contributed by atoms with Crippen molar-refractivity contribution in [1.82, 2.24) is 8.87 Å². The van der Waals surface area contributed by atoms with Crippen LogP contribution in [0.15, 0.2) is 34.4 Å². The van der Waals surface area contributed by atoms with E-state index in [1.165, 1.54) is 14.7 Å². The first kappa shape index (κ1) is 24.1. The van der Waals surface area contributed by atoms with Crippen LogP contribution in [0.3, 0.4) is 0 Å². The van der Waals surface area contributed by atoms with Gasteiger partial charge in [0, 0.05) is 60.5 Å². The number of ketones is 1. The van der Waals surface area contributed by atoms with Crippen LogP contribution in [-0.4, -0.2) is 28.8 Å². The maximum absolute atomic E-state index is 12.8. The van der Waals surface area contributed by atoms with Gasteiger partial charge in [0.25, 0.3) is 0 Å². The van der Waals surface area contributed by atoms with Crippen LogP contribution < -0.4 is 0 Å². The van der Waals surface area contributed by atoms with Gasteiger partial charge in [-0.05, 0) is 50.9 Å². The number of aromatic nitrogens is 1. The van der Waals surface area contributed by atoms with Crippen molar-refractivity contribution in [3.8, 4) is 6.07 Å². The van der Waals surface area contributed by atoms with Gasteiger partial charge in [0.05, 0.1) is 5.52 Å². The molecular formula is C17H18BrI2N3OS2. The topological polar surface area (TPSA) is 49.0 Å². The van der Waals surface area contributed by atoms with Crippen molar-refractivity contribution < 1.29 is 4.79 Å². The van der Waals surface area contributed by atoms with Gasteiger partial charge in [0.1, 0.15) is 17.3 Å². The smallest absolute Gasteiger partial charge is 0.222 e. The standard InChI is InChI=1S/C17H17BrIN3OS.HIS/c1-10(2)13-5-11-6-16(17(23)12(8-20)9-21(3)4)22(24-19)15(11)7-14(13)18;1-2/h5-7,9-10H,1-4H3;2H/b12-9+;. The number of hydrogen-bond donors (Lipinski definition) is 1. The Labute approximate surface area is 196 Å². The van der Waals surface area contributed by atoms with Gasteiger partial charge >= 0.3 is 0 Å². The van der Waals surface area contributed by atoms with Crippen molar-refractivity contribution in [1.29, 1.82) is 5.26 Å². The Kier molecular flexibility index (Phi) is 10.4. The summed E-state index contributed by atoms with van der Waals surface area (Å²) in [6.07, 6.45) is 1.55. The lowest BCUT2D eigenvalue weighted by atomic mass is 10.0. The Bertz CT molecular complexity index is 873. The number of carbonyl (C=O) groups excluding carboxylic acids is 1. The van der Waals surface area contributed by atoms with E-state index in [2.05, 4.69) is 66.8 Å². The molecule has 2 aromatic rings. The lowest BCUT2D eigenvalue weighted by molar-refractivity contribution is 0.103. The average molecular weight is 678 g/mol. The number of allylic oxidation sites excluding steroid dienone is 1. The Morgan fingerprint density at radius 2 is 2.00 bits per heavy atom. The molecule has 1 aromatic carbocycles. The first-order valence-corrected chi connectivity index (χ1v) is 14.8. The second kappa shape index (κ2) is 11.2. The third-order valence-corrected chi connectivity index (χ3v) is 5.95. The molecule has 0 aliphatic heterocycles. The number of rotatable bonds is 5. The summed E-state index contributed by atoms with van der Waals surface area (Å²) < 4.78 is 2.90. The van der Waals surface area contributed by atoms with Crippen molar-refractivity contribution in [2.75, 3.05) is 14.1 Å². The molecule has 1 aromatic heterocycles. The van der Waals surface area contributed by atoms with Crippen LogP contribution in [0, 0.1) is 11.3 Å². The van der Waals surface area contributed by atoms with Crippen molar-refractivity contribution in [2.24, 2.45) is 0 Å². The highest BCUT2D eigenvalue weighted by molar-refractivity contribution is 14.2. The molecule has 0 spiro atoms. The first-order valence-electron chi connectivity index (χ1n) is 7.44. The van der Waals surface area contributed by atoms with E-state index in [1.54, 1.807) is 25.2 Å². The molecule has 0 fully saturated rings. The van der Waals surface area contributed by atoms with Gasteiger partial charge in [-0.2, -0.15) is 5.26 Å². The molecule has 4 nitrogen and oxygen atoms in total. The van der Waals surface area contributed by atoms with Crippen molar-refractivity contribution in [2.45, 2.75) is 19.8 Å². The van der Waals surface area contributed by atoms with E-state index < -0.39 is 0 Å². The van der Waals surface area contributed by atoms with Gasteiger partial charge in [-0.25, -0.2) is 0 Å². The number of benzene rings is 1. The molecule has 0 atom stereocenters. The van der Waals surface area contributed by atoms with Crippen LogP contribution in [0.25, 0.3) is 10.9 Å². The maximum Gasteiger partial charge on any atom is 0.222 e. The summed E-state index contributed by atoms with van der Waals surface area (Å²) in [6, 6.07) is 8.01. The van der Waals surface area contributed by atoms with E-state index in [0.717, 1.165) is 15.4 Å². The van der Waals surface area contributed by atoms with Crippen molar-refractivity contribution >= 4 is 93.9 Å². The zero-order valence-corrected chi connectivity index (χ0v) is 22.2. The van der Waals surface area contributed by atoms with E-state index in [1.807, 2.05) is 43.4 Å². The van der Waals surface area contributed by atoms with Gasteiger partial charge in [0.2, 0.25) is 5.78 Å². The average Bonchev–Trinajstić information content (AvgIpc) is 2.97. The number of fused-ring (bicyclic) bond motifs is 1. The molecule has 0 unspecified atom stereocenters. The largest absolute Gasteiger partial charge is 0.382 e. The van der Waals surface area contributed by atoms with E-state index in [9.17, 15) is 10.1 Å². The molecule has 0 radical (unpaired) electrons. The number of carbonyl (C=O) groups is 1. The number of Topliss-reactive ketones (excluding diaryl/α,β-unsaturated/α-hetero) is 1. The van der Waals surface area contributed by atoms with Crippen molar-refractivity contribution in [3.63, 3.8) is 0 Å².